The topological polar surface area (TPSA) is 55.4 Å². The van der Waals surface area contributed by atoms with Gasteiger partial charge in [0.15, 0.2) is 0 Å². The predicted molar refractivity (Wildman–Crippen MR) is 102 cm³/mol. The summed E-state index contributed by atoms with van der Waals surface area (Å²) in [6.07, 6.45) is 3.83. The number of nitrogens with one attached hydrogen (secondary N) is 1. The summed E-state index contributed by atoms with van der Waals surface area (Å²) in [7, 11) is 4.04. The first-order chi connectivity index (χ1) is 11.9. The average Bonchev–Trinajstić information content (AvgIpc) is 2.96. The molecule has 5 heteroatoms. The Morgan fingerprint density at radius 3 is 2.88 bits per heavy atom. The maximum absolute atomic E-state index is 10.9. The minimum absolute atomic E-state index is 0.620. The number of hydrogen-bond donors (Lipinski definition) is 2. The van der Waals surface area contributed by atoms with E-state index in [2.05, 4.69) is 52.0 Å². The highest BCUT2D eigenvalue weighted by molar-refractivity contribution is 5.67. The van der Waals surface area contributed by atoms with Crippen molar-refractivity contribution in [3.63, 3.8) is 0 Å². The van der Waals surface area contributed by atoms with Crippen LogP contribution in [0, 0.1) is 13.8 Å². The van der Waals surface area contributed by atoms with Crippen molar-refractivity contribution < 1.29 is 5.11 Å². The Kier molecular flexibility index (Phi) is 5.27. The van der Waals surface area contributed by atoms with Crippen LogP contribution in [0.25, 0.3) is 11.3 Å². The van der Waals surface area contributed by atoms with Crippen molar-refractivity contribution in [3.05, 3.63) is 41.1 Å². The van der Waals surface area contributed by atoms with E-state index in [1.807, 2.05) is 20.3 Å². The van der Waals surface area contributed by atoms with Crippen LogP contribution in [0.15, 0.2) is 24.4 Å². The zero-order valence-corrected chi connectivity index (χ0v) is 15.8. The Labute approximate surface area is 150 Å². The molecular weight excluding hydrogens is 312 g/mol. The number of β-amino-alcohol motifs (C(OH)–C–C–N with tert-alkyl or cyclic N) is 1. The Hall–Kier alpha value is -1.69. The summed E-state index contributed by atoms with van der Waals surface area (Å²) >= 11 is 0. The molecule has 3 rings (SSSR count). The van der Waals surface area contributed by atoms with E-state index in [0.29, 0.717) is 13.1 Å². The van der Waals surface area contributed by atoms with Gasteiger partial charge in [0, 0.05) is 30.8 Å². The fraction of sp³-hybridized carbons (Fsp3) is 0.550. The summed E-state index contributed by atoms with van der Waals surface area (Å²) in [6.45, 7) is 7.50. The zero-order chi connectivity index (χ0) is 18.0. The molecule has 0 saturated carbocycles. The van der Waals surface area contributed by atoms with Crippen molar-refractivity contribution in [2.24, 2.45) is 0 Å². The number of H-pyrrole nitrogens is 1. The summed E-state index contributed by atoms with van der Waals surface area (Å²) in [5.41, 5.74) is 5.39. The third-order valence-corrected chi connectivity index (χ3v) is 5.02. The lowest BCUT2D eigenvalue weighted by molar-refractivity contribution is -0.0479. The normalized spacial score (nSPS) is 21.8. The minimum atomic E-state index is -0.620. The summed E-state index contributed by atoms with van der Waals surface area (Å²) in [4.78, 5) is 4.43. The van der Waals surface area contributed by atoms with Gasteiger partial charge < -0.3 is 10.0 Å². The first-order valence-corrected chi connectivity index (χ1v) is 9.06. The molecule has 2 heterocycles. The first-order valence-electron chi connectivity index (χ1n) is 9.06. The molecule has 1 aliphatic rings. The largest absolute Gasteiger partial charge is 0.387 e. The van der Waals surface area contributed by atoms with E-state index in [1.54, 1.807) is 0 Å². The Bertz CT molecular complexity index is 724. The lowest BCUT2D eigenvalue weighted by Gasteiger charge is -2.40. The van der Waals surface area contributed by atoms with E-state index < -0.39 is 5.60 Å². The number of aromatic nitrogens is 2. The third kappa shape index (κ3) is 4.29. The average molecular weight is 342 g/mol. The van der Waals surface area contributed by atoms with Gasteiger partial charge in [-0.1, -0.05) is 17.7 Å². The van der Waals surface area contributed by atoms with Crippen molar-refractivity contribution in [2.45, 2.75) is 38.8 Å². The summed E-state index contributed by atoms with van der Waals surface area (Å²) < 4.78 is 0. The molecule has 1 saturated heterocycles. The monoisotopic (exact) mass is 342 g/mol. The first kappa shape index (κ1) is 18.1. The molecule has 0 spiro atoms. The minimum Gasteiger partial charge on any atom is -0.387 e. The molecule has 1 atom stereocenters. The highest BCUT2D eigenvalue weighted by atomic mass is 16.3. The van der Waals surface area contributed by atoms with E-state index in [1.165, 1.54) is 22.3 Å². The molecule has 25 heavy (non-hydrogen) atoms. The molecule has 1 fully saturated rings. The third-order valence-electron chi connectivity index (χ3n) is 5.02. The van der Waals surface area contributed by atoms with Gasteiger partial charge in [0.1, 0.15) is 0 Å². The predicted octanol–water partition coefficient (Wildman–Crippen LogP) is 2.58. The van der Waals surface area contributed by atoms with Crippen LogP contribution in [0.2, 0.25) is 0 Å². The molecule has 2 aromatic rings. The van der Waals surface area contributed by atoms with E-state index in [9.17, 15) is 5.11 Å². The molecule has 0 amide bonds. The number of aromatic amines is 1. The molecule has 1 aromatic carbocycles. The van der Waals surface area contributed by atoms with Crippen LogP contribution in [0.4, 0.5) is 0 Å². The van der Waals surface area contributed by atoms with Crippen LogP contribution in [-0.4, -0.2) is 64.4 Å². The van der Waals surface area contributed by atoms with Gasteiger partial charge in [-0.2, -0.15) is 5.10 Å². The number of piperidine rings is 1. The standard InChI is InChI=1S/C20H30N4O/c1-15-6-7-16(2)18(10-15)19-17(11-21-22-19)12-24-9-5-8-20(25,14-24)13-23(3)4/h6-7,10-11,25H,5,8-9,12-14H2,1-4H3,(H,21,22)/t20-/m0/s1. The molecule has 2 N–H and O–H groups in total. The highest BCUT2D eigenvalue weighted by Gasteiger charge is 2.34. The van der Waals surface area contributed by atoms with Crippen molar-refractivity contribution >= 4 is 0 Å². The van der Waals surface area contributed by atoms with Crippen LogP contribution in [0.3, 0.4) is 0 Å². The van der Waals surface area contributed by atoms with Gasteiger partial charge in [-0.05, 0) is 59.0 Å². The number of aryl methyl sites for hydroxylation is 2. The molecule has 136 valence electrons. The van der Waals surface area contributed by atoms with E-state index in [0.717, 1.165) is 31.6 Å². The molecule has 0 aliphatic carbocycles. The van der Waals surface area contributed by atoms with Gasteiger partial charge in [0.2, 0.25) is 0 Å². The number of hydrogen-bond acceptors (Lipinski definition) is 4. The SMILES string of the molecule is Cc1ccc(C)c(-c2[nH]ncc2CN2CCC[C@](O)(CN(C)C)C2)c1. The zero-order valence-electron chi connectivity index (χ0n) is 15.8. The van der Waals surface area contributed by atoms with Gasteiger partial charge in [0.05, 0.1) is 17.5 Å². The quantitative estimate of drug-likeness (QED) is 0.877. The number of likely N-dealkylation sites (N-methyl/N-ethyl adjacent to an activating group) is 1. The Morgan fingerprint density at radius 1 is 1.32 bits per heavy atom. The van der Waals surface area contributed by atoms with Crippen molar-refractivity contribution in [1.82, 2.24) is 20.0 Å². The van der Waals surface area contributed by atoms with Gasteiger partial charge >= 0.3 is 0 Å². The maximum atomic E-state index is 10.9. The number of nitrogens with zero attached hydrogens (tertiary/aromatic N) is 3. The number of rotatable bonds is 5. The van der Waals surface area contributed by atoms with E-state index in [-0.39, 0.29) is 0 Å². The van der Waals surface area contributed by atoms with Gasteiger partial charge in [-0.3, -0.25) is 10.00 Å². The van der Waals surface area contributed by atoms with Crippen molar-refractivity contribution in [3.8, 4) is 11.3 Å². The summed E-state index contributed by atoms with van der Waals surface area (Å²) in [6, 6.07) is 6.51. The Balaban J connectivity index is 1.78. The lowest BCUT2D eigenvalue weighted by Crippen LogP contribution is -2.52. The van der Waals surface area contributed by atoms with Gasteiger partial charge in [-0.25, -0.2) is 0 Å². The second kappa shape index (κ2) is 7.28. The molecule has 0 radical (unpaired) electrons. The van der Waals surface area contributed by atoms with Crippen LogP contribution in [0.5, 0.6) is 0 Å². The highest BCUT2D eigenvalue weighted by Crippen LogP contribution is 2.29. The van der Waals surface area contributed by atoms with Crippen LogP contribution >= 0.6 is 0 Å². The fourth-order valence-corrected chi connectivity index (χ4v) is 3.97. The molecule has 0 bridgehead atoms. The van der Waals surface area contributed by atoms with E-state index >= 15 is 0 Å². The molecule has 1 aliphatic heterocycles. The second-order valence-corrected chi connectivity index (χ2v) is 7.86. The lowest BCUT2D eigenvalue weighted by atomic mass is 9.92. The van der Waals surface area contributed by atoms with Gasteiger partial charge in [-0.15, -0.1) is 0 Å². The van der Waals surface area contributed by atoms with E-state index in [4.69, 9.17) is 0 Å². The Morgan fingerprint density at radius 2 is 2.12 bits per heavy atom. The molecular formula is C20H30N4O. The summed E-state index contributed by atoms with van der Waals surface area (Å²) in [5.74, 6) is 0. The number of benzene rings is 1. The smallest absolute Gasteiger partial charge is 0.0900 e. The molecule has 1 aromatic heterocycles. The summed E-state index contributed by atoms with van der Waals surface area (Å²) in [5, 5.41) is 18.4. The number of likely N-dealkylation sites (tertiary alicyclic amines) is 1. The van der Waals surface area contributed by atoms with Crippen LogP contribution in [-0.2, 0) is 6.54 Å². The molecule has 0 unspecified atom stereocenters. The fourth-order valence-electron chi connectivity index (χ4n) is 3.97. The number of aliphatic hydroxyl groups is 1. The van der Waals surface area contributed by atoms with Crippen LogP contribution < -0.4 is 0 Å². The van der Waals surface area contributed by atoms with Crippen molar-refractivity contribution in [1.29, 1.82) is 0 Å². The van der Waals surface area contributed by atoms with Crippen LogP contribution in [0.1, 0.15) is 29.5 Å². The second-order valence-electron chi connectivity index (χ2n) is 7.86. The van der Waals surface area contributed by atoms with Gasteiger partial charge in [0.25, 0.3) is 0 Å². The van der Waals surface area contributed by atoms with Crippen molar-refractivity contribution in [2.75, 3.05) is 33.7 Å². The maximum Gasteiger partial charge on any atom is 0.0900 e. The molecule has 5 nitrogen and oxygen atoms in total.